The van der Waals surface area contributed by atoms with Crippen LogP contribution in [0.1, 0.15) is 32.7 Å². The number of carbonyl (C=O) groups is 2. The zero-order valence-corrected chi connectivity index (χ0v) is 17.7. The van der Waals surface area contributed by atoms with Crippen molar-refractivity contribution in [1.29, 1.82) is 0 Å². The summed E-state index contributed by atoms with van der Waals surface area (Å²) in [6.45, 7) is 0. The van der Waals surface area contributed by atoms with Crippen LogP contribution < -0.4 is 0 Å². The lowest BCUT2D eigenvalue weighted by Crippen LogP contribution is -2.14. The average Bonchev–Trinajstić information content (AvgIpc) is 3.16. The highest BCUT2D eigenvalue weighted by Crippen LogP contribution is 2.33. The average molecular weight is 473 g/mol. The Kier molecular flexibility index (Phi) is 6.20. The van der Waals surface area contributed by atoms with Gasteiger partial charge in [0.25, 0.3) is 5.91 Å². The maximum atomic E-state index is 14.8. The van der Waals surface area contributed by atoms with Gasteiger partial charge in [0.05, 0.1) is 27.2 Å². The third kappa shape index (κ3) is 4.34. The minimum Gasteiger partial charge on any atom is -0.478 e. The van der Waals surface area contributed by atoms with Gasteiger partial charge >= 0.3 is 5.97 Å². The van der Waals surface area contributed by atoms with Crippen molar-refractivity contribution in [2.45, 2.75) is 19.3 Å². The van der Waals surface area contributed by atoms with E-state index in [0.717, 1.165) is 6.07 Å². The Labute approximate surface area is 191 Å². The summed E-state index contributed by atoms with van der Waals surface area (Å²) in [5.41, 5.74) is 1.24. The van der Waals surface area contributed by atoms with Gasteiger partial charge in [0, 0.05) is 29.9 Å². The van der Waals surface area contributed by atoms with Gasteiger partial charge < -0.3 is 5.11 Å². The first-order valence-corrected chi connectivity index (χ1v) is 10.2. The number of hydrogen-bond acceptors (Lipinski definition) is 3. The van der Waals surface area contributed by atoms with Crippen molar-refractivity contribution >= 4 is 34.5 Å². The number of alkyl halides is 2. The third-order valence-electron chi connectivity index (χ3n) is 5.23. The molecule has 5 nitrogen and oxygen atoms in total. The summed E-state index contributed by atoms with van der Waals surface area (Å²) in [5.74, 6) is -2.63. The number of halogens is 4. The van der Waals surface area contributed by atoms with E-state index in [1.807, 2.05) is 0 Å². The number of fused-ring (bicyclic) bond motifs is 1. The molecule has 2 aromatic heterocycles. The van der Waals surface area contributed by atoms with Crippen LogP contribution in [0.2, 0.25) is 5.02 Å². The first-order chi connectivity index (χ1) is 15.8. The molecule has 0 fully saturated rings. The summed E-state index contributed by atoms with van der Waals surface area (Å²) >= 11 is 6.28. The van der Waals surface area contributed by atoms with Crippen LogP contribution in [0.25, 0.3) is 22.2 Å². The molecule has 168 valence electrons. The van der Waals surface area contributed by atoms with E-state index in [4.69, 9.17) is 16.7 Å². The predicted molar refractivity (Wildman–Crippen MR) is 118 cm³/mol. The number of rotatable bonds is 6. The lowest BCUT2D eigenvalue weighted by atomic mass is 10.0. The highest BCUT2D eigenvalue weighted by molar-refractivity contribution is 6.34. The lowest BCUT2D eigenvalue weighted by molar-refractivity contribution is 0.0696. The number of pyridine rings is 1. The number of aromatic carboxylic acids is 1. The predicted octanol–water partition coefficient (Wildman–Crippen LogP) is 6.08. The Bertz CT molecular complexity index is 1380. The number of aryl methyl sites for hydroxylation is 1. The Hall–Kier alpha value is -3.65. The second-order valence-corrected chi connectivity index (χ2v) is 7.70. The van der Waals surface area contributed by atoms with Gasteiger partial charge in [0.15, 0.2) is 0 Å². The van der Waals surface area contributed by atoms with Crippen LogP contribution in [-0.2, 0) is 6.42 Å². The second kappa shape index (κ2) is 9.07. The maximum Gasteiger partial charge on any atom is 0.335 e. The monoisotopic (exact) mass is 472 g/mol. The van der Waals surface area contributed by atoms with Crippen molar-refractivity contribution in [2.75, 3.05) is 0 Å². The molecule has 0 unspecified atom stereocenters. The molecule has 0 radical (unpaired) electrons. The van der Waals surface area contributed by atoms with E-state index in [-0.39, 0.29) is 33.7 Å². The van der Waals surface area contributed by atoms with Gasteiger partial charge in [0.2, 0.25) is 6.43 Å². The summed E-state index contributed by atoms with van der Waals surface area (Å²) in [7, 11) is 0. The highest BCUT2D eigenvalue weighted by Gasteiger charge is 2.23. The van der Waals surface area contributed by atoms with Crippen LogP contribution in [0.5, 0.6) is 0 Å². The largest absolute Gasteiger partial charge is 0.478 e. The number of carbonyl (C=O) groups excluding carboxylic acids is 1. The van der Waals surface area contributed by atoms with Crippen LogP contribution in [0.3, 0.4) is 0 Å². The standard InChI is InChI=1S/C24H16ClF3N2O3/c25-17-4-1-3-13(7-9-20(27)28)21(17)23(31)30-12-16(22-19(30)5-2-10-29-22)15-8-6-14(24(32)33)11-18(15)26/h1-6,8,10-12,20H,7,9H2,(H,32,33). The van der Waals surface area contributed by atoms with E-state index in [9.17, 15) is 22.8 Å². The van der Waals surface area contributed by atoms with Crippen LogP contribution in [-0.4, -0.2) is 33.0 Å². The van der Waals surface area contributed by atoms with Crippen molar-refractivity contribution < 1.29 is 27.9 Å². The Morgan fingerprint density at radius 3 is 2.58 bits per heavy atom. The van der Waals surface area contributed by atoms with E-state index in [1.54, 1.807) is 24.3 Å². The third-order valence-corrected chi connectivity index (χ3v) is 5.54. The van der Waals surface area contributed by atoms with Crippen molar-refractivity contribution in [3.8, 4) is 11.1 Å². The van der Waals surface area contributed by atoms with Gasteiger partial charge in [-0.1, -0.05) is 29.8 Å². The number of nitrogens with zero attached hydrogens (tertiary/aromatic N) is 2. The first-order valence-electron chi connectivity index (χ1n) is 9.87. The van der Waals surface area contributed by atoms with Crippen molar-refractivity contribution in [2.24, 2.45) is 0 Å². The molecule has 0 spiro atoms. The summed E-state index contributed by atoms with van der Waals surface area (Å²) in [6, 6.07) is 11.3. The topological polar surface area (TPSA) is 72.2 Å². The minimum atomic E-state index is -2.54. The smallest absolute Gasteiger partial charge is 0.335 e. The van der Waals surface area contributed by atoms with Crippen LogP contribution in [0.15, 0.2) is 60.9 Å². The van der Waals surface area contributed by atoms with E-state index in [0.29, 0.717) is 16.6 Å². The van der Waals surface area contributed by atoms with Gasteiger partial charge in [-0.05, 0) is 42.3 Å². The molecule has 0 aliphatic carbocycles. The van der Waals surface area contributed by atoms with Gasteiger partial charge in [0.1, 0.15) is 5.82 Å². The fourth-order valence-electron chi connectivity index (χ4n) is 3.69. The van der Waals surface area contributed by atoms with Gasteiger partial charge in [-0.3, -0.25) is 14.3 Å². The quantitative estimate of drug-likeness (QED) is 0.369. The van der Waals surface area contributed by atoms with E-state index < -0.39 is 30.5 Å². The molecular formula is C24H16ClF3N2O3. The Balaban J connectivity index is 1.87. The molecule has 33 heavy (non-hydrogen) atoms. The molecule has 0 saturated carbocycles. The number of carboxylic acids is 1. The molecule has 4 aromatic rings. The maximum absolute atomic E-state index is 14.8. The lowest BCUT2D eigenvalue weighted by Gasteiger charge is -2.12. The number of aromatic nitrogens is 2. The second-order valence-electron chi connectivity index (χ2n) is 7.29. The molecular weight excluding hydrogens is 457 g/mol. The van der Waals surface area contributed by atoms with Crippen molar-refractivity contribution in [3.63, 3.8) is 0 Å². The summed E-state index contributed by atoms with van der Waals surface area (Å²) in [6.07, 6.45) is -0.144. The first kappa shape index (κ1) is 22.5. The number of hydrogen-bond donors (Lipinski definition) is 1. The molecule has 0 bridgehead atoms. The van der Waals surface area contributed by atoms with Gasteiger partial charge in [-0.2, -0.15) is 0 Å². The summed E-state index contributed by atoms with van der Waals surface area (Å²) < 4.78 is 41.6. The molecule has 2 aromatic carbocycles. The van der Waals surface area contributed by atoms with E-state index in [1.165, 1.54) is 35.2 Å². The zero-order chi connectivity index (χ0) is 23.7. The van der Waals surface area contributed by atoms with Crippen molar-refractivity contribution in [3.05, 3.63) is 88.5 Å². The molecule has 4 rings (SSSR count). The molecule has 9 heteroatoms. The molecule has 0 amide bonds. The highest BCUT2D eigenvalue weighted by atomic mass is 35.5. The SMILES string of the molecule is O=C(O)c1ccc(-c2cn(C(=O)c3c(Cl)cccc3CCC(F)F)c3cccnc23)c(F)c1. The van der Waals surface area contributed by atoms with E-state index >= 15 is 0 Å². The molecule has 0 atom stereocenters. The summed E-state index contributed by atoms with van der Waals surface area (Å²) in [5, 5.41) is 9.20. The number of carboxylic acid groups (broad SMARTS) is 1. The Morgan fingerprint density at radius 1 is 1.09 bits per heavy atom. The molecule has 0 aliphatic rings. The number of benzene rings is 2. The van der Waals surface area contributed by atoms with E-state index in [2.05, 4.69) is 4.98 Å². The van der Waals surface area contributed by atoms with Gasteiger partial charge in [-0.15, -0.1) is 0 Å². The molecule has 1 N–H and O–H groups in total. The fraction of sp³-hybridized carbons (Fsp3) is 0.125. The molecule has 0 aliphatic heterocycles. The fourth-order valence-corrected chi connectivity index (χ4v) is 3.97. The molecule has 0 saturated heterocycles. The van der Waals surface area contributed by atoms with Crippen LogP contribution in [0.4, 0.5) is 13.2 Å². The summed E-state index contributed by atoms with van der Waals surface area (Å²) in [4.78, 5) is 28.9. The minimum absolute atomic E-state index is 0.0467. The van der Waals surface area contributed by atoms with Crippen molar-refractivity contribution in [1.82, 2.24) is 9.55 Å². The molecule has 2 heterocycles. The zero-order valence-electron chi connectivity index (χ0n) is 16.9. The normalized spacial score (nSPS) is 11.3. The van der Waals surface area contributed by atoms with Crippen LogP contribution >= 0.6 is 11.6 Å². The van der Waals surface area contributed by atoms with Gasteiger partial charge in [-0.25, -0.2) is 18.0 Å². The van der Waals surface area contributed by atoms with Crippen LogP contribution in [0, 0.1) is 5.82 Å². The Morgan fingerprint density at radius 2 is 1.88 bits per heavy atom.